The number of hydrogen-bond acceptors (Lipinski definition) is 2. The molecule has 1 amide bonds. The molecule has 1 aromatic carbocycles. The summed E-state index contributed by atoms with van der Waals surface area (Å²) in [4.78, 5) is 23.4. The van der Waals surface area contributed by atoms with Crippen LogP contribution in [0.15, 0.2) is 24.3 Å². The minimum absolute atomic E-state index is 0.0260. The number of hydrogen-bond donors (Lipinski definition) is 2. The molecule has 0 bridgehead atoms. The molecule has 0 heterocycles. The number of carboxylic acid groups (broad SMARTS) is 1. The lowest BCUT2D eigenvalue weighted by atomic mass is 9.81. The molecule has 0 saturated heterocycles. The van der Waals surface area contributed by atoms with Crippen LogP contribution in [0.4, 0.5) is 0 Å². The molecule has 4 nitrogen and oxygen atoms in total. The lowest BCUT2D eigenvalue weighted by molar-refractivity contribution is -0.144. The highest BCUT2D eigenvalue weighted by Gasteiger charge is 2.30. The van der Waals surface area contributed by atoms with E-state index in [4.69, 9.17) is 16.7 Å². The molecule has 120 valence electrons. The molecule has 1 saturated carbocycles. The molecule has 1 aromatic rings. The normalized spacial score (nSPS) is 22.8. The monoisotopic (exact) mass is 323 g/mol. The Morgan fingerprint density at radius 3 is 2.23 bits per heavy atom. The Morgan fingerprint density at radius 1 is 1.18 bits per heavy atom. The molecular weight excluding hydrogens is 302 g/mol. The summed E-state index contributed by atoms with van der Waals surface area (Å²) in [5.74, 6) is -1.07. The van der Waals surface area contributed by atoms with E-state index < -0.39 is 5.97 Å². The van der Waals surface area contributed by atoms with Crippen LogP contribution in [0.5, 0.6) is 0 Å². The van der Waals surface area contributed by atoms with Gasteiger partial charge in [-0.3, -0.25) is 9.59 Å². The summed E-state index contributed by atoms with van der Waals surface area (Å²) >= 11 is 5.89. The van der Waals surface area contributed by atoms with E-state index in [1.165, 1.54) is 0 Å². The van der Waals surface area contributed by atoms with Crippen molar-refractivity contribution in [3.8, 4) is 0 Å². The number of carboxylic acids is 1. The maximum atomic E-state index is 12.4. The summed E-state index contributed by atoms with van der Waals surface area (Å²) in [6.45, 7) is 2.03. The number of carbonyl (C=O) groups excluding carboxylic acids is 1. The topological polar surface area (TPSA) is 66.4 Å². The average Bonchev–Trinajstić information content (AvgIpc) is 2.53. The second-order valence-corrected chi connectivity index (χ2v) is 6.34. The summed E-state index contributed by atoms with van der Waals surface area (Å²) in [6, 6.07) is 7.48. The van der Waals surface area contributed by atoms with Gasteiger partial charge < -0.3 is 10.4 Å². The SMILES string of the molecule is CCC(NC(=O)C1CCC(C(=O)O)CC1)c1ccc(Cl)cc1. The largest absolute Gasteiger partial charge is 0.481 e. The standard InChI is InChI=1S/C17H22ClNO3/c1-2-15(11-7-9-14(18)10-8-11)19-16(20)12-3-5-13(6-4-12)17(21)22/h7-10,12-13,15H,2-6H2,1H3,(H,19,20)(H,21,22). The Labute approximate surface area is 135 Å². The zero-order valence-electron chi connectivity index (χ0n) is 12.7. The van der Waals surface area contributed by atoms with Crippen molar-refractivity contribution in [2.24, 2.45) is 11.8 Å². The second kappa shape index (κ2) is 7.63. The lowest BCUT2D eigenvalue weighted by Crippen LogP contribution is -2.36. The van der Waals surface area contributed by atoms with E-state index >= 15 is 0 Å². The van der Waals surface area contributed by atoms with Gasteiger partial charge in [-0.25, -0.2) is 0 Å². The summed E-state index contributed by atoms with van der Waals surface area (Å²) < 4.78 is 0. The molecule has 2 N–H and O–H groups in total. The third-order valence-corrected chi connectivity index (χ3v) is 4.70. The summed E-state index contributed by atoms with van der Waals surface area (Å²) in [7, 11) is 0. The first-order valence-electron chi connectivity index (χ1n) is 7.80. The highest BCUT2D eigenvalue weighted by Crippen LogP contribution is 2.30. The Kier molecular flexibility index (Phi) is 5.83. The van der Waals surface area contributed by atoms with Crippen molar-refractivity contribution in [1.29, 1.82) is 0 Å². The number of halogens is 1. The zero-order chi connectivity index (χ0) is 16.1. The van der Waals surface area contributed by atoms with Crippen molar-refractivity contribution in [1.82, 2.24) is 5.32 Å². The maximum absolute atomic E-state index is 12.4. The first-order valence-corrected chi connectivity index (χ1v) is 8.17. The van der Waals surface area contributed by atoms with Crippen molar-refractivity contribution in [2.45, 2.75) is 45.1 Å². The van der Waals surface area contributed by atoms with Gasteiger partial charge in [0.1, 0.15) is 0 Å². The number of amides is 1. The van der Waals surface area contributed by atoms with Crippen LogP contribution in [0.25, 0.3) is 0 Å². The molecule has 2 rings (SSSR count). The van der Waals surface area contributed by atoms with Crippen LogP contribution in [-0.4, -0.2) is 17.0 Å². The van der Waals surface area contributed by atoms with E-state index in [9.17, 15) is 9.59 Å². The van der Waals surface area contributed by atoms with Gasteiger partial charge in [0.25, 0.3) is 0 Å². The van der Waals surface area contributed by atoms with E-state index in [1.807, 2.05) is 31.2 Å². The predicted octanol–water partition coefficient (Wildman–Crippen LogP) is 3.80. The van der Waals surface area contributed by atoms with Crippen LogP contribution in [0.1, 0.15) is 50.6 Å². The molecule has 1 atom stereocenters. The van der Waals surface area contributed by atoms with Gasteiger partial charge >= 0.3 is 5.97 Å². The van der Waals surface area contributed by atoms with E-state index in [0.29, 0.717) is 30.7 Å². The fourth-order valence-corrected chi connectivity index (χ4v) is 3.13. The van der Waals surface area contributed by atoms with Gasteiger partial charge in [0.2, 0.25) is 5.91 Å². The number of rotatable bonds is 5. The molecule has 1 aliphatic carbocycles. The summed E-state index contributed by atoms with van der Waals surface area (Å²) in [5, 5.41) is 12.8. The Bertz CT molecular complexity index is 521. The van der Waals surface area contributed by atoms with Crippen molar-refractivity contribution in [2.75, 3.05) is 0 Å². The maximum Gasteiger partial charge on any atom is 0.306 e. The molecule has 1 unspecified atom stereocenters. The second-order valence-electron chi connectivity index (χ2n) is 5.91. The molecule has 1 fully saturated rings. The molecule has 0 aromatic heterocycles. The third-order valence-electron chi connectivity index (χ3n) is 4.44. The smallest absolute Gasteiger partial charge is 0.306 e. The molecule has 0 spiro atoms. The summed E-state index contributed by atoms with van der Waals surface area (Å²) in [6.07, 6.45) is 3.29. The highest BCUT2D eigenvalue weighted by atomic mass is 35.5. The lowest BCUT2D eigenvalue weighted by Gasteiger charge is -2.27. The zero-order valence-corrected chi connectivity index (χ0v) is 13.5. The quantitative estimate of drug-likeness (QED) is 0.866. The van der Waals surface area contributed by atoms with Crippen LogP contribution < -0.4 is 5.32 Å². The van der Waals surface area contributed by atoms with Gasteiger partial charge in [-0.05, 0) is 49.8 Å². The van der Waals surface area contributed by atoms with Crippen molar-refractivity contribution < 1.29 is 14.7 Å². The van der Waals surface area contributed by atoms with Crippen LogP contribution in [0.2, 0.25) is 5.02 Å². The fraction of sp³-hybridized carbons (Fsp3) is 0.529. The Balaban J connectivity index is 1.93. The van der Waals surface area contributed by atoms with Gasteiger partial charge in [-0.15, -0.1) is 0 Å². The fourth-order valence-electron chi connectivity index (χ4n) is 3.01. The van der Waals surface area contributed by atoms with Crippen LogP contribution >= 0.6 is 11.6 Å². The molecule has 0 aliphatic heterocycles. The average molecular weight is 324 g/mol. The molecule has 22 heavy (non-hydrogen) atoms. The van der Waals surface area contributed by atoms with Crippen molar-refractivity contribution >= 4 is 23.5 Å². The van der Waals surface area contributed by atoms with Gasteiger partial charge in [-0.2, -0.15) is 0 Å². The Hall–Kier alpha value is -1.55. The van der Waals surface area contributed by atoms with Crippen LogP contribution in [0.3, 0.4) is 0 Å². The molecule has 1 aliphatic rings. The van der Waals surface area contributed by atoms with E-state index in [0.717, 1.165) is 12.0 Å². The minimum Gasteiger partial charge on any atom is -0.481 e. The van der Waals surface area contributed by atoms with Gasteiger partial charge in [0.05, 0.1) is 12.0 Å². The predicted molar refractivity (Wildman–Crippen MR) is 85.7 cm³/mol. The van der Waals surface area contributed by atoms with Crippen LogP contribution in [-0.2, 0) is 9.59 Å². The van der Waals surface area contributed by atoms with E-state index in [-0.39, 0.29) is 23.8 Å². The van der Waals surface area contributed by atoms with Crippen molar-refractivity contribution in [3.63, 3.8) is 0 Å². The number of carbonyl (C=O) groups is 2. The molecule has 0 radical (unpaired) electrons. The van der Waals surface area contributed by atoms with E-state index in [2.05, 4.69) is 5.32 Å². The van der Waals surface area contributed by atoms with Gasteiger partial charge in [-0.1, -0.05) is 30.7 Å². The molecule has 5 heteroatoms. The first kappa shape index (κ1) is 16.8. The number of aliphatic carboxylic acids is 1. The first-order chi connectivity index (χ1) is 10.5. The summed E-state index contributed by atoms with van der Waals surface area (Å²) in [5.41, 5.74) is 1.04. The minimum atomic E-state index is -0.744. The molecular formula is C17H22ClNO3. The number of nitrogens with one attached hydrogen (secondary N) is 1. The third kappa shape index (κ3) is 4.23. The van der Waals surface area contributed by atoms with Gasteiger partial charge in [0.15, 0.2) is 0 Å². The van der Waals surface area contributed by atoms with Crippen molar-refractivity contribution in [3.05, 3.63) is 34.9 Å². The Morgan fingerprint density at radius 2 is 1.73 bits per heavy atom. The van der Waals surface area contributed by atoms with E-state index in [1.54, 1.807) is 0 Å². The number of benzene rings is 1. The highest BCUT2D eigenvalue weighted by molar-refractivity contribution is 6.30. The van der Waals surface area contributed by atoms with Crippen LogP contribution in [0, 0.1) is 11.8 Å². The van der Waals surface area contributed by atoms with Gasteiger partial charge in [0, 0.05) is 10.9 Å².